The van der Waals surface area contributed by atoms with Crippen molar-refractivity contribution in [2.24, 2.45) is 0 Å². The van der Waals surface area contributed by atoms with Gasteiger partial charge in [-0.05, 0) is 56.9 Å². The van der Waals surface area contributed by atoms with Gasteiger partial charge in [-0.15, -0.1) is 0 Å². The molecule has 2 aromatic heterocycles. The molecule has 0 unspecified atom stereocenters. The smallest absolute Gasteiger partial charge is 0.272 e. The highest BCUT2D eigenvalue weighted by molar-refractivity contribution is 5.91. The van der Waals surface area contributed by atoms with Gasteiger partial charge in [-0.25, -0.2) is 10.1 Å². The summed E-state index contributed by atoms with van der Waals surface area (Å²) in [7, 11) is 0. The van der Waals surface area contributed by atoms with Crippen LogP contribution >= 0.6 is 0 Å². The molecule has 1 aliphatic heterocycles. The van der Waals surface area contributed by atoms with Crippen molar-refractivity contribution in [1.82, 2.24) is 25.1 Å². The van der Waals surface area contributed by atoms with Crippen molar-refractivity contribution in [3.8, 4) is 0 Å². The molecule has 1 aliphatic rings. The summed E-state index contributed by atoms with van der Waals surface area (Å²) in [6, 6.07) is 13.3. The van der Waals surface area contributed by atoms with Crippen LogP contribution in [0.5, 0.6) is 0 Å². The highest BCUT2D eigenvalue weighted by Crippen LogP contribution is 2.34. The molecule has 2 atom stereocenters. The Balaban J connectivity index is 1.51. The summed E-state index contributed by atoms with van der Waals surface area (Å²) in [4.78, 5) is 35.9. The van der Waals surface area contributed by atoms with Crippen molar-refractivity contribution in [3.05, 3.63) is 69.9 Å². The predicted molar refractivity (Wildman–Crippen MR) is 120 cm³/mol. The third-order valence-electron chi connectivity index (χ3n) is 6.26. The molecular weight excluding hydrogens is 390 g/mol. The number of imidazole rings is 1. The van der Waals surface area contributed by atoms with E-state index >= 15 is 0 Å². The Bertz CT molecular complexity index is 1340. The maximum Gasteiger partial charge on any atom is 0.272 e. The van der Waals surface area contributed by atoms with Crippen molar-refractivity contribution in [2.75, 3.05) is 6.54 Å². The molecule has 2 aromatic carbocycles. The fraction of sp³-hybridized carbons (Fsp3) is 0.333. The number of fused-ring (bicyclic) bond motifs is 2. The van der Waals surface area contributed by atoms with Crippen LogP contribution in [-0.4, -0.2) is 37.5 Å². The number of amides is 1. The van der Waals surface area contributed by atoms with E-state index in [1.54, 1.807) is 6.07 Å². The van der Waals surface area contributed by atoms with Crippen LogP contribution in [0.15, 0.2) is 47.3 Å². The summed E-state index contributed by atoms with van der Waals surface area (Å²) in [6.45, 7) is 4.61. The first-order chi connectivity index (χ1) is 15.0. The van der Waals surface area contributed by atoms with Gasteiger partial charge in [-0.3, -0.25) is 9.59 Å². The van der Waals surface area contributed by atoms with Gasteiger partial charge in [0.05, 0.1) is 34.1 Å². The maximum absolute atomic E-state index is 13.6. The predicted octanol–water partition coefficient (Wildman–Crippen LogP) is 3.97. The summed E-state index contributed by atoms with van der Waals surface area (Å²) in [5.41, 5.74) is 3.44. The number of aryl methyl sites for hydroxylation is 1. The summed E-state index contributed by atoms with van der Waals surface area (Å²) in [6.07, 6.45) is 2.89. The van der Waals surface area contributed by atoms with Gasteiger partial charge in [0.2, 0.25) is 5.91 Å². The number of hydrogen-bond acceptors (Lipinski definition) is 4. The van der Waals surface area contributed by atoms with E-state index in [1.807, 2.05) is 42.2 Å². The number of benzene rings is 2. The van der Waals surface area contributed by atoms with Crippen molar-refractivity contribution in [3.63, 3.8) is 0 Å². The van der Waals surface area contributed by atoms with Crippen LogP contribution in [0.25, 0.3) is 21.8 Å². The van der Waals surface area contributed by atoms with E-state index in [9.17, 15) is 9.59 Å². The van der Waals surface area contributed by atoms with Gasteiger partial charge in [0.25, 0.3) is 5.56 Å². The number of aromatic nitrogens is 4. The Labute approximate surface area is 179 Å². The van der Waals surface area contributed by atoms with Gasteiger partial charge in [-0.1, -0.05) is 24.3 Å². The number of nitrogens with zero attached hydrogens (tertiary/aromatic N) is 3. The molecule has 1 amide bonds. The Kier molecular flexibility index (Phi) is 4.81. The number of nitrogens with one attached hydrogen (secondary N) is 2. The quantitative estimate of drug-likeness (QED) is 0.529. The lowest BCUT2D eigenvalue weighted by Gasteiger charge is -2.36. The second kappa shape index (κ2) is 7.65. The first-order valence-corrected chi connectivity index (χ1v) is 10.8. The Morgan fingerprint density at radius 2 is 1.97 bits per heavy atom. The van der Waals surface area contributed by atoms with Crippen LogP contribution < -0.4 is 5.56 Å². The summed E-state index contributed by atoms with van der Waals surface area (Å²) >= 11 is 0. The highest BCUT2D eigenvalue weighted by atomic mass is 16.2. The first-order valence-electron chi connectivity index (χ1n) is 10.8. The number of rotatable bonds is 3. The first kappa shape index (κ1) is 19.5. The topological polar surface area (TPSA) is 94.7 Å². The van der Waals surface area contributed by atoms with E-state index in [1.165, 1.54) is 5.56 Å². The molecule has 3 heterocycles. The number of H-pyrrole nitrogens is 2. The molecule has 31 heavy (non-hydrogen) atoms. The van der Waals surface area contributed by atoms with Crippen LogP contribution in [0.1, 0.15) is 55.2 Å². The summed E-state index contributed by atoms with van der Waals surface area (Å²) < 4.78 is 0. The third-order valence-corrected chi connectivity index (χ3v) is 6.26. The molecule has 2 N–H and O–H groups in total. The Morgan fingerprint density at radius 3 is 2.81 bits per heavy atom. The van der Waals surface area contributed by atoms with E-state index < -0.39 is 5.92 Å². The number of carbonyl (C=O) groups excluding carboxylic acids is 1. The summed E-state index contributed by atoms with van der Waals surface area (Å²) in [5, 5.41) is 8.08. The molecule has 158 valence electrons. The van der Waals surface area contributed by atoms with E-state index in [-0.39, 0.29) is 17.5 Å². The molecule has 1 fully saturated rings. The average Bonchev–Trinajstić information content (AvgIpc) is 3.22. The van der Waals surface area contributed by atoms with E-state index in [2.05, 4.69) is 28.2 Å². The monoisotopic (exact) mass is 415 g/mol. The maximum atomic E-state index is 13.6. The third kappa shape index (κ3) is 3.40. The van der Waals surface area contributed by atoms with Gasteiger partial charge < -0.3 is 9.88 Å². The number of hydrogen-bond donors (Lipinski definition) is 2. The van der Waals surface area contributed by atoms with E-state index in [4.69, 9.17) is 4.98 Å². The Hall–Kier alpha value is -3.48. The minimum Gasteiger partial charge on any atom is -0.340 e. The van der Waals surface area contributed by atoms with Crippen molar-refractivity contribution >= 4 is 27.7 Å². The fourth-order valence-corrected chi connectivity index (χ4v) is 4.61. The molecule has 0 aliphatic carbocycles. The molecule has 0 saturated carbocycles. The van der Waals surface area contributed by atoms with Gasteiger partial charge in [0.1, 0.15) is 5.82 Å². The van der Waals surface area contributed by atoms with Gasteiger partial charge in [0, 0.05) is 11.9 Å². The molecule has 0 radical (unpaired) electrons. The highest BCUT2D eigenvalue weighted by Gasteiger charge is 2.34. The van der Waals surface area contributed by atoms with Gasteiger partial charge in [-0.2, -0.15) is 5.10 Å². The number of aromatic amines is 2. The average molecular weight is 415 g/mol. The zero-order valence-corrected chi connectivity index (χ0v) is 17.7. The number of piperidine rings is 1. The van der Waals surface area contributed by atoms with E-state index in [0.29, 0.717) is 17.6 Å². The molecule has 7 heteroatoms. The molecule has 7 nitrogen and oxygen atoms in total. The van der Waals surface area contributed by atoms with Crippen LogP contribution in [0.3, 0.4) is 0 Å². The van der Waals surface area contributed by atoms with Crippen molar-refractivity contribution in [2.45, 2.75) is 45.1 Å². The van der Waals surface area contributed by atoms with Crippen LogP contribution in [-0.2, 0) is 4.79 Å². The molecule has 0 spiro atoms. The second-order valence-corrected chi connectivity index (χ2v) is 8.39. The SMILES string of the molecule is Cc1ccc2nc([C@@H]3CCCCN3C(=O)[C@@H](C)c3n[nH]c(=O)c4ccccc34)[nH]c2c1. The molecule has 5 rings (SSSR count). The Morgan fingerprint density at radius 1 is 1.16 bits per heavy atom. The molecule has 0 bridgehead atoms. The lowest BCUT2D eigenvalue weighted by Crippen LogP contribution is -2.41. The number of likely N-dealkylation sites (tertiary alicyclic amines) is 1. The molecule has 1 saturated heterocycles. The minimum absolute atomic E-state index is 0.00559. The largest absolute Gasteiger partial charge is 0.340 e. The fourth-order valence-electron chi connectivity index (χ4n) is 4.61. The second-order valence-electron chi connectivity index (χ2n) is 8.39. The lowest BCUT2D eigenvalue weighted by atomic mass is 9.96. The zero-order valence-electron chi connectivity index (χ0n) is 17.7. The summed E-state index contributed by atoms with van der Waals surface area (Å²) in [5.74, 6) is 0.361. The van der Waals surface area contributed by atoms with Crippen molar-refractivity contribution in [1.29, 1.82) is 0 Å². The normalized spacial score (nSPS) is 17.9. The van der Waals surface area contributed by atoms with E-state index in [0.717, 1.165) is 41.5 Å². The molecule has 4 aromatic rings. The van der Waals surface area contributed by atoms with Crippen molar-refractivity contribution < 1.29 is 4.79 Å². The minimum atomic E-state index is -0.478. The number of carbonyl (C=O) groups is 1. The van der Waals surface area contributed by atoms with Crippen LogP contribution in [0.4, 0.5) is 0 Å². The zero-order chi connectivity index (χ0) is 21.5. The molecular formula is C24H25N5O2. The van der Waals surface area contributed by atoms with Gasteiger partial charge >= 0.3 is 0 Å². The standard InChI is InChI=1S/C24H25N5O2/c1-14-10-11-18-19(13-14)26-22(25-18)20-9-5-6-12-29(20)24(31)15(2)21-16-7-3-4-8-17(16)23(30)28-27-21/h3-4,7-8,10-11,13,15,20H,5-6,9,12H2,1-2H3,(H,25,26)(H,28,30)/t15-,20-/m0/s1. The van der Waals surface area contributed by atoms with Crippen LogP contribution in [0, 0.1) is 6.92 Å². The van der Waals surface area contributed by atoms with Gasteiger partial charge in [0.15, 0.2) is 0 Å². The lowest BCUT2D eigenvalue weighted by molar-refractivity contribution is -0.136. The van der Waals surface area contributed by atoms with Crippen LogP contribution in [0.2, 0.25) is 0 Å².